The third-order valence-corrected chi connectivity index (χ3v) is 2.95. The van der Waals surface area contributed by atoms with Gasteiger partial charge in [0.2, 0.25) is 5.13 Å². The van der Waals surface area contributed by atoms with Crippen molar-refractivity contribution in [2.75, 3.05) is 11.9 Å². The molecule has 0 saturated carbocycles. The monoisotopic (exact) mass is 234 g/mol. The fourth-order valence-electron chi connectivity index (χ4n) is 1.48. The first-order valence-corrected chi connectivity index (χ1v) is 6.13. The Morgan fingerprint density at radius 1 is 1.38 bits per heavy atom. The maximum atomic E-state index is 4.45. The predicted octanol–water partition coefficient (Wildman–Crippen LogP) is 2.59. The fourth-order valence-corrected chi connectivity index (χ4v) is 2.13. The first-order valence-electron chi connectivity index (χ1n) is 5.36. The van der Waals surface area contributed by atoms with E-state index < -0.39 is 0 Å². The van der Waals surface area contributed by atoms with Gasteiger partial charge in [0.05, 0.1) is 0 Å². The predicted molar refractivity (Wildman–Crippen MR) is 66.7 cm³/mol. The summed E-state index contributed by atoms with van der Waals surface area (Å²) in [6.45, 7) is 5.02. The molecule has 0 saturated heterocycles. The van der Waals surface area contributed by atoms with E-state index in [1.54, 1.807) is 6.20 Å². The topological polar surface area (TPSA) is 50.7 Å². The Labute approximate surface area is 98.9 Å². The first-order chi connectivity index (χ1) is 7.85. The average molecular weight is 234 g/mol. The SMILES string of the molecule is CCNc1nc(-c2ccncc2CC)ns1. The second kappa shape index (κ2) is 5.03. The van der Waals surface area contributed by atoms with E-state index in [2.05, 4.69) is 26.6 Å². The van der Waals surface area contributed by atoms with E-state index in [1.807, 2.05) is 19.2 Å². The molecule has 0 radical (unpaired) electrons. The van der Waals surface area contributed by atoms with Gasteiger partial charge in [0.1, 0.15) is 0 Å². The lowest BCUT2D eigenvalue weighted by atomic mass is 10.1. The van der Waals surface area contributed by atoms with Gasteiger partial charge in [-0.05, 0) is 25.0 Å². The van der Waals surface area contributed by atoms with Crippen molar-refractivity contribution in [3.8, 4) is 11.4 Å². The van der Waals surface area contributed by atoms with E-state index in [0.717, 1.165) is 29.5 Å². The van der Waals surface area contributed by atoms with Gasteiger partial charge in [0.15, 0.2) is 5.82 Å². The second-order valence-corrected chi connectivity index (χ2v) is 4.09. The molecular formula is C11H14N4S. The summed E-state index contributed by atoms with van der Waals surface area (Å²) in [7, 11) is 0. The Kier molecular flexibility index (Phi) is 3.46. The maximum absolute atomic E-state index is 4.45. The molecule has 1 N–H and O–H groups in total. The molecule has 0 aliphatic rings. The maximum Gasteiger partial charge on any atom is 0.202 e. The highest BCUT2D eigenvalue weighted by atomic mass is 32.1. The van der Waals surface area contributed by atoms with Crippen LogP contribution < -0.4 is 5.32 Å². The Balaban J connectivity index is 2.34. The van der Waals surface area contributed by atoms with E-state index in [-0.39, 0.29) is 0 Å². The summed E-state index contributed by atoms with van der Waals surface area (Å²) in [6.07, 6.45) is 4.60. The van der Waals surface area contributed by atoms with E-state index in [0.29, 0.717) is 0 Å². The number of hydrogen-bond acceptors (Lipinski definition) is 5. The van der Waals surface area contributed by atoms with Gasteiger partial charge in [-0.25, -0.2) is 0 Å². The Morgan fingerprint density at radius 2 is 2.25 bits per heavy atom. The van der Waals surface area contributed by atoms with Gasteiger partial charge in [-0.1, -0.05) is 6.92 Å². The number of aromatic nitrogens is 3. The van der Waals surface area contributed by atoms with Crippen molar-refractivity contribution in [2.45, 2.75) is 20.3 Å². The Morgan fingerprint density at radius 3 is 3.00 bits per heavy atom. The van der Waals surface area contributed by atoms with E-state index in [9.17, 15) is 0 Å². The normalized spacial score (nSPS) is 10.4. The summed E-state index contributed by atoms with van der Waals surface area (Å²) in [4.78, 5) is 8.56. The van der Waals surface area contributed by atoms with Gasteiger partial charge in [-0.2, -0.15) is 9.36 Å². The second-order valence-electron chi connectivity index (χ2n) is 3.34. The van der Waals surface area contributed by atoms with Gasteiger partial charge in [-0.15, -0.1) is 0 Å². The van der Waals surface area contributed by atoms with Crippen LogP contribution in [0.15, 0.2) is 18.5 Å². The molecule has 2 rings (SSSR count). The number of nitrogens with one attached hydrogen (secondary N) is 1. The molecule has 16 heavy (non-hydrogen) atoms. The van der Waals surface area contributed by atoms with Crippen LogP contribution in [0, 0.1) is 0 Å². The standard InChI is InChI=1S/C11H14N4S/c1-3-8-7-12-6-5-9(8)10-14-11(13-4-2)16-15-10/h5-7H,3-4H2,1-2H3,(H,13,14,15). The summed E-state index contributed by atoms with van der Waals surface area (Å²) >= 11 is 1.40. The van der Waals surface area contributed by atoms with Gasteiger partial charge in [0, 0.05) is 36.0 Å². The van der Waals surface area contributed by atoms with Crippen LogP contribution in [0.3, 0.4) is 0 Å². The largest absolute Gasteiger partial charge is 0.361 e. The highest BCUT2D eigenvalue weighted by molar-refractivity contribution is 7.09. The van der Waals surface area contributed by atoms with Crippen molar-refractivity contribution >= 4 is 16.7 Å². The molecule has 5 heteroatoms. The minimum absolute atomic E-state index is 0.792. The fraction of sp³-hybridized carbons (Fsp3) is 0.364. The highest BCUT2D eigenvalue weighted by Gasteiger charge is 2.09. The number of hydrogen-bond donors (Lipinski definition) is 1. The molecule has 0 bridgehead atoms. The lowest BCUT2D eigenvalue weighted by molar-refractivity contribution is 1.09. The van der Waals surface area contributed by atoms with E-state index in [1.165, 1.54) is 17.1 Å². The van der Waals surface area contributed by atoms with Gasteiger partial charge in [0.25, 0.3) is 0 Å². The molecule has 0 amide bonds. The van der Waals surface area contributed by atoms with Crippen LogP contribution in [0.25, 0.3) is 11.4 Å². The van der Waals surface area contributed by atoms with Crippen LogP contribution in [-0.2, 0) is 6.42 Å². The minimum atomic E-state index is 0.792. The molecule has 4 nitrogen and oxygen atoms in total. The lowest BCUT2D eigenvalue weighted by Gasteiger charge is -2.01. The average Bonchev–Trinajstić information content (AvgIpc) is 2.78. The molecule has 84 valence electrons. The van der Waals surface area contributed by atoms with Crippen molar-refractivity contribution in [1.82, 2.24) is 14.3 Å². The smallest absolute Gasteiger partial charge is 0.202 e. The summed E-state index contributed by atoms with van der Waals surface area (Å²) in [6, 6.07) is 1.97. The zero-order valence-corrected chi connectivity index (χ0v) is 10.2. The third-order valence-electron chi connectivity index (χ3n) is 2.28. The van der Waals surface area contributed by atoms with Crippen molar-refractivity contribution < 1.29 is 0 Å². The number of pyridine rings is 1. The van der Waals surface area contributed by atoms with Crippen molar-refractivity contribution in [3.05, 3.63) is 24.0 Å². The molecular weight excluding hydrogens is 220 g/mol. The number of rotatable bonds is 4. The van der Waals surface area contributed by atoms with Crippen LogP contribution in [0.4, 0.5) is 5.13 Å². The summed E-state index contributed by atoms with van der Waals surface area (Å²) < 4.78 is 4.35. The van der Waals surface area contributed by atoms with Crippen LogP contribution in [0.2, 0.25) is 0 Å². The van der Waals surface area contributed by atoms with Gasteiger partial charge in [-0.3, -0.25) is 4.98 Å². The van der Waals surface area contributed by atoms with Crippen LogP contribution >= 0.6 is 11.5 Å². The number of aryl methyl sites for hydroxylation is 1. The first kappa shape index (κ1) is 11.0. The molecule has 0 atom stereocenters. The van der Waals surface area contributed by atoms with Gasteiger partial charge >= 0.3 is 0 Å². The molecule has 0 fully saturated rings. The minimum Gasteiger partial charge on any atom is -0.361 e. The summed E-state index contributed by atoms with van der Waals surface area (Å²) in [5.74, 6) is 0.792. The molecule has 2 aromatic rings. The van der Waals surface area contributed by atoms with E-state index in [4.69, 9.17) is 0 Å². The van der Waals surface area contributed by atoms with Crippen LogP contribution in [0.1, 0.15) is 19.4 Å². The van der Waals surface area contributed by atoms with Crippen molar-refractivity contribution in [1.29, 1.82) is 0 Å². The van der Waals surface area contributed by atoms with Crippen molar-refractivity contribution in [3.63, 3.8) is 0 Å². The Hall–Kier alpha value is -1.49. The van der Waals surface area contributed by atoms with Crippen molar-refractivity contribution in [2.24, 2.45) is 0 Å². The quantitative estimate of drug-likeness (QED) is 0.883. The molecule has 0 aliphatic heterocycles. The molecule has 0 aliphatic carbocycles. The van der Waals surface area contributed by atoms with Crippen LogP contribution in [-0.4, -0.2) is 20.9 Å². The third kappa shape index (κ3) is 2.19. The van der Waals surface area contributed by atoms with Crippen LogP contribution in [0.5, 0.6) is 0 Å². The summed E-state index contributed by atoms with van der Waals surface area (Å²) in [5.41, 5.74) is 2.27. The lowest BCUT2D eigenvalue weighted by Crippen LogP contribution is -1.95. The molecule has 0 aromatic carbocycles. The van der Waals surface area contributed by atoms with E-state index >= 15 is 0 Å². The molecule has 0 spiro atoms. The number of nitrogens with zero attached hydrogens (tertiary/aromatic N) is 3. The number of anilines is 1. The molecule has 2 heterocycles. The highest BCUT2D eigenvalue weighted by Crippen LogP contribution is 2.23. The zero-order chi connectivity index (χ0) is 11.4. The Bertz CT molecular complexity index is 467. The molecule has 0 unspecified atom stereocenters. The summed E-state index contributed by atoms with van der Waals surface area (Å²) in [5, 5.41) is 4.04. The molecule has 2 aromatic heterocycles. The zero-order valence-electron chi connectivity index (χ0n) is 9.40. The van der Waals surface area contributed by atoms with Gasteiger partial charge < -0.3 is 5.32 Å².